The van der Waals surface area contributed by atoms with Gasteiger partial charge in [0.15, 0.2) is 0 Å². The second kappa shape index (κ2) is 7.68. The van der Waals surface area contributed by atoms with Crippen molar-refractivity contribution in [2.75, 3.05) is 20.6 Å². The number of carbonyl (C=O) groups excluding carboxylic acids is 2. The van der Waals surface area contributed by atoms with Gasteiger partial charge in [0.1, 0.15) is 0 Å². The SMILES string of the molecule is CCN(Cc1ccc(C(=O)N(C)C)cc1)C(=O)c1ccnc(F)c1. The molecule has 0 atom stereocenters. The molecule has 6 heteroatoms. The largest absolute Gasteiger partial charge is 0.345 e. The van der Waals surface area contributed by atoms with Crippen molar-refractivity contribution < 1.29 is 14.0 Å². The van der Waals surface area contributed by atoms with Gasteiger partial charge in [-0.25, -0.2) is 4.98 Å². The lowest BCUT2D eigenvalue weighted by Crippen LogP contribution is -2.30. The molecule has 1 aromatic heterocycles. The van der Waals surface area contributed by atoms with Crippen molar-refractivity contribution in [3.05, 3.63) is 65.2 Å². The Morgan fingerprint density at radius 3 is 2.25 bits per heavy atom. The highest BCUT2D eigenvalue weighted by molar-refractivity contribution is 5.94. The zero-order valence-electron chi connectivity index (χ0n) is 14.0. The Labute approximate surface area is 140 Å². The molecule has 0 aliphatic carbocycles. The number of hydrogen-bond donors (Lipinski definition) is 0. The number of aromatic nitrogens is 1. The van der Waals surface area contributed by atoms with Crippen LogP contribution in [0, 0.1) is 5.95 Å². The highest BCUT2D eigenvalue weighted by Gasteiger charge is 2.16. The number of carbonyl (C=O) groups is 2. The summed E-state index contributed by atoms with van der Waals surface area (Å²) in [5.41, 5.74) is 1.76. The summed E-state index contributed by atoms with van der Waals surface area (Å²) in [6.07, 6.45) is 1.28. The van der Waals surface area contributed by atoms with Crippen molar-refractivity contribution in [2.24, 2.45) is 0 Å². The van der Waals surface area contributed by atoms with Crippen LogP contribution in [0.4, 0.5) is 4.39 Å². The van der Waals surface area contributed by atoms with Gasteiger partial charge in [-0.05, 0) is 30.7 Å². The summed E-state index contributed by atoms with van der Waals surface area (Å²) >= 11 is 0. The first-order valence-electron chi connectivity index (χ1n) is 7.63. The Balaban J connectivity index is 2.12. The molecule has 24 heavy (non-hydrogen) atoms. The topological polar surface area (TPSA) is 53.5 Å². The van der Waals surface area contributed by atoms with Crippen LogP contribution < -0.4 is 0 Å². The number of amides is 2. The fourth-order valence-electron chi connectivity index (χ4n) is 2.28. The Morgan fingerprint density at radius 1 is 1.04 bits per heavy atom. The van der Waals surface area contributed by atoms with Crippen LogP contribution >= 0.6 is 0 Å². The maximum atomic E-state index is 13.2. The third-order valence-corrected chi connectivity index (χ3v) is 3.62. The zero-order valence-corrected chi connectivity index (χ0v) is 14.0. The van der Waals surface area contributed by atoms with E-state index in [1.807, 2.05) is 19.1 Å². The van der Waals surface area contributed by atoms with E-state index < -0.39 is 5.95 Å². The van der Waals surface area contributed by atoms with Gasteiger partial charge in [0.25, 0.3) is 11.8 Å². The standard InChI is InChI=1S/C18H20FN3O2/c1-4-22(18(24)15-9-10-20-16(19)11-15)12-13-5-7-14(8-6-13)17(23)21(2)3/h5-11H,4,12H2,1-3H3. The molecule has 2 amide bonds. The lowest BCUT2D eigenvalue weighted by molar-refractivity contribution is 0.0750. The molecule has 126 valence electrons. The minimum atomic E-state index is -0.677. The highest BCUT2D eigenvalue weighted by Crippen LogP contribution is 2.12. The van der Waals surface area contributed by atoms with E-state index in [0.29, 0.717) is 18.7 Å². The molecular weight excluding hydrogens is 309 g/mol. The molecule has 0 saturated carbocycles. The summed E-state index contributed by atoms with van der Waals surface area (Å²) in [5.74, 6) is -1.01. The van der Waals surface area contributed by atoms with Gasteiger partial charge >= 0.3 is 0 Å². The molecule has 0 bridgehead atoms. The summed E-state index contributed by atoms with van der Waals surface area (Å²) in [6.45, 7) is 2.73. The van der Waals surface area contributed by atoms with Gasteiger partial charge in [-0.3, -0.25) is 9.59 Å². The predicted molar refractivity (Wildman–Crippen MR) is 89.1 cm³/mol. The smallest absolute Gasteiger partial charge is 0.254 e. The van der Waals surface area contributed by atoms with Gasteiger partial charge in [-0.15, -0.1) is 0 Å². The minimum absolute atomic E-state index is 0.0720. The normalized spacial score (nSPS) is 10.3. The summed E-state index contributed by atoms with van der Waals surface area (Å²) in [4.78, 5) is 30.9. The molecule has 0 unspecified atom stereocenters. The Hall–Kier alpha value is -2.76. The molecule has 0 N–H and O–H groups in total. The van der Waals surface area contributed by atoms with Crippen molar-refractivity contribution in [2.45, 2.75) is 13.5 Å². The van der Waals surface area contributed by atoms with Crippen molar-refractivity contribution in [1.29, 1.82) is 0 Å². The van der Waals surface area contributed by atoms with E-state index in [2.05, 4.69) is 4.98 Å². The molecule has 0 radical (unpaired) electrons. The van der Waals surface area contributed by atoms with Crippen molar-refractivity contribution in [3.63, 3.8) is 0 Å². The zero-order chi connectivity index (χ0) is 17.7. The third kappa shape index (κ3) is 4.16. The van der Waals surface area contributed by atoms with Gasteiger partial charge in [-0.2, -0.15) is 4.39 Å². The quantitative estimate of drug-likeness (QED) is 0.792. The summed E-state index contributed by atoms with van der Waals surface area (Å²) < 4.78 is 13.2. The highest BCUT2D eigenvalue weighted by atomic mass is 19.1. The molecule has 5 nitrogen and oxygen atoms in total. The van der Waals surface area contributed by atoms with Crippen LogP contribution in [0.2, 0.25) is 0 Å². The van der Waals surface area contributed by atoms with Gasteiger partial charge in [-0.1, -0.05) is 12.1 Å². The monoisotopic (exact) mass is 329 g/mol. The van der Waals surface area contributed by atoms with E-state index in [4.69, 9.17) is 0 Å². The third-order valence-electron chi connectivity index (χ3n) is 3.62. The molecule has 0 spiro atoms. The first kappa shape index (κ1) is 17.6. The number of hydrogen-bond acceptors (Lipinski definition) is 3. The van der Waals surface area contributed by atoms with Gasteiger partial charge in [0, 0.05) is 50.6 Å². The van der Waals surface area contributed by atoms with Crippen LogP contribution in [0.1, 0.15) is 33.2 Å². The average Bonchev–Trinajstić information content (AvgIpc) is 2.59. The maximum Gasteiger partial charge on any atom is 0.254 e. The van der Waals surface area contributed by atoms with Crippen LogP contribution in [0.25, 0.3) is 0 Å². The fourth-order valence-corrected chi connectivity index (χ4v) is 2.28. The van der Waals surface area contributed by atoms with Crippen molar-refractivity contribution >= 4 is 11.8 Å². The number of halogens is 1. The van der Waals surface area contributed by atoms with Crippen LogP contribution in [0.15, 0.2) is 42.6 Å². The molecular formula is C18H20FN3O2. The first-order chi connectivity index (χ1) is 11.4. The van der Waals surface area contributed by atoms with E-state index in [-0.39, 0.29) is 17.4 Å². The first-order valence-corrected chi connectivity index (χ1v) is 7.63. The van der Waals surface area contributed by atoms with E-state index >= 15 is 0 Å². The van der Waals surface area contributed by atoms with E-state index in [0.717, 1.165) is 11.6 Å². The van der Waals surface area contributed by atoms with Crippen LogP contribution in [0.5, 0.6) is 0 Å². The Kier molecular flexibility index (Phi) is 5.63. The average molecular weight is 329 g/mol. The molecule has 0 saturated heterocycles. The lowest BCUT2D eigenvalue weighted by Gasteiger charge is -2.21. The van der Waals surface area contributed by atoms with E-state index in [9.17, 15) is 14.0 Å². The number of rotatable bonds is 5. The van der Waals surface area contributed by atoms with Crippen LogP contribution in [0.3, 0.4) is 0 Å². The fraction of sp³-hybridized carbons (Fsp3) is 0.278. The van der Waals surface area contributed by atoms with Gasteiger partial charge in [0.2, 0.25) is 5.95 Å². The molecule has 0 aliphatic rings. The van der Waals surface area contributed by atoms with Crippen LogP contribution in [-0.2, 0) is 6.54 Å². The van der Waals surface area contributed by atoms with Crippen molar-refractivity contribution in [1.82, 2.24) is 14.8 Å². The Bertz CT molecular complexity index is 729. The molecule has 1 aromatic carbocycles. The van der Waals surface area contributed by atoms with E-state index in [1.165, 1.54) is 17.2 Å². The second-order valence-corrected chi connectivity index (χ2v) is 5.58. The van der Waals surface area contributed by atoms with E-state index in [1.54, 1.807) is 31.1 Å². The summed E-state index contributed by atoms with van der Waals surface area (Å²) in [6, 6.07) is 9.74. The molecule has 0 fully saturated rings. The predicted octanol–water partition coefficient (Wildman–Crippen LogP) is 2.58. The number of pyridine rings is 1. The number of nitrogens with zero attached hydrogens (tertiary/aromatic N) is 3. The summed E-state index contributed by atoms with van der Waals surface area (Å²) in [5, 5.41) is 0. The maximum absolute atomic E-state index is 13.2. The van der Waals surface area contributed by atoms with Crippen LogP contribution in [-0.4, -0.2) is 47.2 Å². The lowest BCUT2D eigenvalue weighted by atomic mass is 10.1. The van der Waals surface area contributed by atoms with Crippen molar-refractivity contribution in [3.8, 4) is 0 Å². The number of benzene rings is 1. The molecule has 2 rings (SSSR count). The second-order valence-electron chi connectivity index (χ2n) is 5.58. The Morgan fingerprint density at radius 2 is 1.71 bits per heavy atom. The molecule has 1 heterocycles. The minimum Gasteiger partial charge on any atom is -0.345 e. The van der Waals surface area contributed by atoms with Gasteiger partial charge in [0.05, 0.1) is 0 Å². The molecule has 2 aromatic rings. The van der Waals surface area contributed by atoms with Gasteiger partial charge < -0.3 is 9.80 Å². The molecule has 0 aliphatic heterocycles. The summed E-state index contributed by atoms with van der Waals surface area (Å²) in [7, 11) is 3.39.